The summed E-state index contributed by atoms with van der Waals surface area (Å²) in [7, 11) is 1.43. The van der Waals surface area contributed by atoms with E-state index in [-0.39, 0.29) is 5.56 Å². The maximum atomic E-state index is 12.2. The van der Waals surface area contributed by atoms with Crippen molar-refractivity contribution in [3.8, 4) is 5.75 Å². The first-order valence-corrected chi connectivity index (χ1v) is 6.00. The fourth-order valence-electron chi connectivity index (χ4n) is 1.80. The Kier molecular flexibility index (Phi) is 4.05. The van der Waals surface area contributed by atoms with Gasteiger partial charge in [0, 0.05) is 5.56 Å². The minimum absolute atomic E-state index is 0.190. The van der Waals surface area contributed by atoms with Crippen molar-refractivity contribution in [1.29, 1.82) is 0 Å². The number of benzene rings is 2. The highest BCUT2D eigenvalue weighted by Crippen LogP contribution is 2.23. The van der Waals surface area contributed by atoms with Crippen molar-refractivity contribution >= 4 is 11.5 Å². The molecule has 0 aromatic heterocycles. The van der Waals surface area contributed by atoms with Crippen molar-refractivity contribution in [2.24, 2.45) is 0 Å². The van der Waals surface area contributed by atoms with Gasteiger partial charge in [-0.25, -0.2) is 0 Å². The van der Waals surface area contributed by atoms with Gasteiger partial charge in [0.15, 0.2) is 5.76 Å². The third kappa shape index (κ3) is 2.64. The van der Waals surface area contributed by atoms with Crippen LogP contribution in [0.4, 0.5) is 0 Å². The number of Topliss-reactive ketones (excluding diaryl/α,β-unsaturated/α-hetero) is 1. The average Bonchev–Trinajstić information content (AvgIpc) is 2.53. The number of hydrogen-bond donors (Lipinski definition) is 2. The first kappa shape index (κ1) is 13.7. The maximum Gasteiger partial charge on any atom is 0.234 e. The van der Waals surface area contributed by atoms with Crippen LogP contribution in [0.15, 0.2) is 60.4 Å². The maximum absolute atomic E-state index is 12.2. The molecule has 0 radical (unpaired) electrons. The second-order valence-corrected chi connectivity index (χ2v) is 4.09. The van der Waals surface area contributed by atoms with Gasteiger partial charge in [-0.2, -0.15) is 0 Å². The van der Waals surface area contributed by atoms with Crippen LogP contribution in [0, 0.1) is 0 Å². The monoisotopic (exact) mass is 270 g/mol. The van der Waals surface area contributed by atoms with Crippen molar-refractivity contribution in [3.63, 3.8) is 0 Å². The first-order valence-electron chi connectivity index (χ1n) is 6.00. The molecule has 0 fully saturated rings. The minimum atomic E-state index is -0.708. The molecule has 0 heterocycles. The number of aliphatic hydroxyl groups excluding tert-OH is 2. The van der Waals surface area contributed by atoms with Gasteiger partial charge < -0.3 is 14.9 Å². The third-order valence-electron chi connectivity index (χ3n) is 2.84. The highest BCUT2D eigenvalue weighted by atomic mass is 16.5. The van der Waals surface area contributed by atoms with Crippen LogP contribution in [0.5, 0.6) is 5.75 Å². The van der Waals surface area contributed by atoms with E-state index in [1.807, 2.05) is 0 Å². The van der Waals surface area contributed by atoms with Crippen LogP contribution in [0.2, 0.25) is 0 Å². The largest absolute Gasteiger partial charge is 0.504 e. The van der Waals surface area contributed by atoms with E-state index in [1.54, 1.807) is 48.5 Å². The molecule has 2 aromatic carbocycles. The van der Waals surface area contributed by atoms with Crippen molar-refractivity contribution in [1.82, 2.24) is 0 Å². The number of carbonyl (C=O) groups excluding carboxylic acids is 1. The summed E-state index contributed by atoms with van der Waals surface area (Å²) in [6, 6.07) is 14.9. The smallest absolute Gasteiger partial charge is 0.234 e. The predicted molar refractivity (Wildman–Crippen MR) is 75.9 cm³/mol. The third-order valence-corrected chi connectivity index (χ3v) is 2.84. The fourth-order valence-corrected chi connectivity index (χ4v) is 1.80. The molecule has 4 nitrogen and oxygen atoms in total. The summed E-state index contributed by atoms with van der Waals surface area (Å²) >= 11 is 0. The Morgan fingerprint density at radius 1 is 0.950 bits per heavy atom. The number of para-hydroxylation sites is 1. The van der Waals surface area contributed by atoms with Crippen molar-refractivity contribution in [3.05, 3.63) is 71.5 Å². The zero-order valence-electron chi connectivity index (χ0n) is 10.9. The highest BCUT2D eigenvalue weighted by Gasteiger charge is 2.20. The zero-order chi connectivity index (χ0) is 14.5. The predicted octanol–water partition coefficient (Wildman–Crippen LogP) is 3.36. The lowest BCUT2D eigenvalue weighted by molar-refractivity contribution is 0.0972. The van der Waals surface area contributed by atoms with Crippen LogP contribution in [0.1, 0.15) is 15.9 Å². The Bertz CT molecular complexity index is 645. The average molecular weight is 270 g/mol. The summed E-state index contributed by atoms with van der Waals surface area (Å²) < 4.78 is 5.07. The van der Waals surface area contributed by atoms with Gasteiger partial charge in [-0.3, -0.25) is 4.79 Å². The number of allylic oxidation sites excluding steroid dienone is 1. The number of carbonyl (C=O) groups is 1. The summed E-state index contributed by atoms with van der Waals surface area (Å²) in [5.41, 5.74) is 0.559. The van der Waals surface area contributed by atoms with E-state index >= 15 is 0 Å². The van der Waals surface area contributed by atoms with Crippen molar-refractivity contribution in [2.75, 3.05) is 7.11 Å². The number of ether oxygens (including phenoxy) is 1. The lowest BCUT2D eigenvalue weighted by Crippen LogP contribution is -2.07. The quantitative estimate of drug-likeness (QED) is 0.508. The molecule has 0 atom stereocenters. The summed E-state index contributed by atoms with van der Waals surface area (Å²) in [4.78, 5) is 12.2. The van der Waals surface area contributed by atoms with Crippen LogP contribution in [-0.4, -0.2) is 23.1 Å². The number of rotatable bonds is 4. The lowest BCUT2D eigenvalue weighted by Gasteiger charge is -2.08. The molecule has 20 heavy (non-hydrogen) atoms. The Hall–Kier alpha value is -2.75. The van der Waals surface area contributed by atoms with Crippen molar-refractivity contribution < 1.29 is 19.7 Å². The van der Waals surface area contributed by atoms with E-state index in [2.05, 4.69) is 0 Å². The minimum Gasteiger partial charge on any atom is -0.504 e. The van der Waals surface area contributed by atoms with Gasteiger partial charge in [0.25, 0.3) is 0 Å². The molecule has 0 saturated heterocycles. The number of methoxy groups -OCH3 is 1. The standard InChI is InChI=1S/C16H14O4/c1-20-13-10-6-5-9-12(13)15(18)16(19)14(17)11-7-3-2-4-8-11/h2-10,17,19H,1H3. The van der Waals surface area contributed by atoms with E-state index in [9.17, 15) is 15.0 Å². The molecule has 0 amide bonds. The second kappa shape index (κ2) is 5.93. The van der Waals surface area contributed by atoms with E-state index in [0.29, 0.717) is 11.3 Å². The molecule has 4 heteroatoms. The number of hydrogen-bond acceptors (Lipinski definition) is 4. The molecule has 2 N–H and O–H groups in total. The molecule has 0 spiro atoms. The van der Waals surface area contributed by atoms with E-state index in [4.69, 9.17) is 4.74 Å². The van der Waals surface area contributed by atoms with Gasteiger partial charge in [0.2, 0.25) is 11.5 Å². The summed E-state index contributed by atoms with van der Waals surface area (Å²) in [6.07, 6.45) is 0. The van der Waals surface area contributed by atoms with Gasteiger partial charge in [-0.1, -0.05) is 42.5 Å². The van der Waals surface area contributed by atoms with Crippen LogP contribution in [-0.2, 0) is 0 Å². The fraction of sp³-hybridized carbons (Fsp3) is 0.0625. The van der Waals surface area contributed by atoms with Gasteiger partial charge in [-0.15, -0.1) is 0 Å². The second-order valence-electron chi connectivity index (χ2n) is 4.09. The molecule has 0 bridgehead atoms. The number of aliphatic hydroxyl groups is 2. The Balaban J connectivity index is 2.42. The zero-order valence-corrected chi connectivity index (χ0v) is 10.9. The van der Waals surface area contributed by atoms with Crippen LogP contribution in [0.3, 0.4) is 0 Å². The van der Waals surface area contributed by atoms with Gasteiger partial charge in [-0.05, 0) is 12.1 Å². The molecule has 2 rings (SSSR count). The molecule has 102 valence electrons. The van der Waals surface area contributed by atoms with Gasteiger partial charge >= 0.3 is 0 Å². The SMILES string of the molecule is COc1ccccc1C(=O)C(O)=C(O)c1ccccc1. The molecule has 0 aliphatic carbocycles. The normalized spacial score (nSPS) is 11.7. The van der Waals surface area contributed by atoms with E-state index in [1.165, 1.54) is 13.2 Å². The van der Waals surface area contributed by atoms with Crippen LogP contribution < -0.4 is 4.74 Å². The number of ketones is 1. The van der Waals surface area contributed by atoms with Crippen LogP contribution in [0.25, 0.3) is 5.76 Å². The lowest BCUT2D eigenvalue weighted by atomic mass is 10.1. The summed E-state index contributed by atoms with van der Waals surface area (Å²) in [5, 5.41) is 19.9. The van der Waals surface area contributed by atoms with Crippen molar-refractivity contribution in [2.45, 2.75) is 0 Å². The topological polar surface area (TPSA) is 66.8 Å². The van der Waals surface area contributed by atoms with E-state index < -0.39 is 17.3 Å². The van der Waals surface area contributed by atoms with Gasteiger partial charge in [0.05, 0.1) is 12.7 Å². The molecule has 0 saturated carbocycles. The molecule has 0 aliphatic rings. The molecular formula is C16H14O4. The van der Waals surface area contributed by atoms with Gasteiger partial charge in [0.1, 0.15) is 5.75 Å². The Morgan fingerprint density at radius 3 is 2.20 bits per heavy atom. The molecule has 2 aromatic rings. The summed E-state index contributed by atoms with van der Waals surface area (Å²) in [5.74, 6) is -1.52. The highest BCUT2D eigenvalue weighted by molar-refractivity contribution is 6.12. The first-order chi connectivity index (χ1) is 9.65. The molecule has 0 aliphatic heterocycles. The molecular weight excluding hydrogens is 256 g/mol. The Morgan fingerprint density at radius 2 is 1.55 bits per heavy atom. The Labute approximate surface area is 116 Å². The molecule has 0 unspecified atom stereocenters. The summed E-state index contributed by atoms with van der Waals surface area (Å²) in [6.45, 7) is 0. The van der Waals surface area contributed by atoms with Crippen LogP contribution >= 0.6 is 0 Å². The van der Waals surface area contributed by atoms with E-state index in [0.717, 1.165) is 0 Å².